The lowest BCUT2D eigenvalue weighted by atomic mass is 10.2. The summed E-state index contributed by atoms with van der Waals surface area (Å²) in [4.78, 5) is 10.3. The van der Waals surface area contributed by atoms with E-state index in [0.29, 0.717) is 21.9 Å². The molecule has 0 bridgehead atoms. The number of hydrogen-bond acceptors (Lipinski definition) is 1. The number of carbonyl (C=O) groups excluding carboxylic acids is 1. The summed E-state index contributed by atoms with van der Waals surface area (Å²) in [5.41, 5.74) is 0.421. The second kappa shape index (κ2) is 3.44. The Balaban J connectivity index is 3.31. The second-order valence-corrected chi connectivity index (χ2v) is 3.11. The van der Waals surface area contributed by atoms with Crippen molar-refractivity contribution in [2.75, 3.05) is 0 Å². The van der Waals surface area contributed by atoms with Crippen LogP contribution in [0.3, 0.4) is 0 Å². The van der Waals surface area contributed by atoms with Gasteiger partial charge >= 0.3 is 0 Å². The average molecular weight is 209 g/mol. The zero-order valence-electron chi connectivity index (χ0n) is 5.27. The van der Waals surface area contributed by atoms with Crippen LogP contribution in [0.1, 0.15) is 10.4 Å². The number of rotatable bonds is 1. The molecule has 0 unspecified atom stereocenters. The van der Waals surface area contributed by atoms with Gasteiger partial charge < -0.3 is 0 Å². The summed E-state index contributed by atoms with van der Waals surface area (Å²) in [6.45, 7) is 0. The average Bonchev–Trinajstić information content (AvgIpc) is 1.99. The molecule has 11 heavy (non-hydrogen) atoms. The number of halogens is 3. The molecule has 1 nitrogen and oxygen atoms in total. The first-order valence-corrected chi connectivity index (χ1v) is 3.88. The summed E-state index contributed by atoms with van der Waals surface area (Å²) in [6.07, 6.45) is 0.661. The number of hydrogen-bond donors (Lipinski definition) is 0. The van der Waals surface area contributed by atoms with E-state index in [2.05, 4.69) is 0 Å². The second-order valence-electron chi connectivity index (χ2n) is 1.92. The van der Waals surface area contributed by atoms with E-state index in [0.717, 1.165) is 0 Å². The summed E-state index contributed by atoms with van der Waals surface area (Å²) >= 11 is 16.9. The molecular formula is C7H3Cl3O. The van der Waals surface area contributed by atoms with Gasteiger partial charge in [0.1, 0.15) is 6.29 Å². The highest BCUT2D eigenvalue weighted by molar-refractivity contribution is 6.48. The van der Waals surface area contributed by atoms with E-state index in [1.54, 1.807) is 0 Å². The molecule has 0 radical (unpaired) electrons. The van der Waals surface area contributed by atoms with Crippen molar-refractivity contribution in [3.8, 4) is 0 Å². The summed E-state index contributed by atoms with van der Waals surface area (Å²) in [5, 5.41) is 0.862. The van der Waals surface area contributed by atoms with Gasteiger partial charge in [-0.1, -0.05) is 34.8 Å². The molecule has 0 aromatic heterocycles. The molecule has 58 valence electrons. The minimum absolute atomic E-state index is 0.277. The molecule has 0 saturated carbocycles. The van der Waals surface area contributed by atoms with Crippen molar-refractivity contribution >= 4 is 41.1 Å². The fourth-order valence-corrected chi connectivity index (χ4v) is 1.26. The quantitative estimate of drug-likeness (QED) is 0.511. The van der Waals surface area contributed by atoms with Crippen LogP contribution in [-0.2, 0) is 0 Å². The van der Waals surface area contributed by atoms with Gasteiger partial charge in [0.2, 0.25) is 0 Å². The Labute approximate surface area is 78.9 Å². The third-order valence-electron chi connectivity index (χ3n) is 1.14. The van der Waals surface area contributed by atoms with Gasteiger partial charge in [0.15, 0.2) is 0 Å². The first-order chi connectivity index (χ1) is 5.15. The topological polar surface area (TPSA) is 17.1 Å². The Morgan fingerprint density at radius 2 is 1.55 bits per heavy atom. The molecule has 4 heteroatoms. The Hall–Kier alpha value is -0.240. The Kier molecular flexibility index (Phi) is 2.77. The molecule has 0 fully saturated rings. The Bertz CT molecular complexity index is 273. The summed E-state index contributed by atoms with van der Waals surface area (Å²) in [5.74, 6) is 0. The van der Waals surface area contributed by atoms with E-state index < -0.39 is 0 Å². The van der Waals surface area contributed by atoms with E-state index in [1.807, 2.05) is 0 Å². The molecule has 0 spiro atoms. The summed E-state index contributed by atoms with van der Waals surface area (Å²) < 4.78 is 0. The highest BCUT2D eigenvalue weighted by Gasteiger charge is 2.04. The van der Waals surface area contributed by atoms with Crippen molar-refractivity contribution in [2.45, 2.75) is 0 Å². The fourth-order valence-electron chi connectivity index (χ4n) is 0.643. The van der Waals surface area contributed by atoms with Gasteiger partial charge in [-0.05, 0) is 12.1 Å². The predicted molar refractivity (Wildman–Crippen MR) is 46.9 cm³/mol. The van der Waals surface area contributed by atoms with Crippen LogP contribution in [0.5, 0.6) is 0 Å². The number of carbonyl (C=O) groups is 1. The lowest BCUT2D eigenvalue weighted by molar-refractivity contribution is 0.112. The first-order valence-electron chi connectivity index (χ1n) is 2.75. The van der Waals surface area contributed by atoms with Crippen molar-refractivity contribution in [1.82, 2.24) is 0 Å². The summed E-state index contributed by atoms with van der Waals surface area (Å²) in [6, 6.07) is 2.92. The molecule has 0 N–H and O–H groups in total. The largest absolute Gasteiger partial charge is 0.298 e. The molecule has 0 amide bonds. The molecule has 0 heterocycles. The van der Waals surface area contributed by atoms with Crippen LogP contribution in [0.4, 0.5) is 0 Å². The van der Waals surface area contributed by atoms with E-state index in [4.69, 9.17) is 34.8 Å². The molecule has 0 saturated heterocycles. The van der Waals surface area contributed by atoms with Crippen LogP contribution in [0.2, 0.25) is 15.1 Å². The molecule has 0 aliphatic rings. The maximum Gasteiger partial charge on any atom is 0.150 e. The van der Waals surface area contributed by atoms with E-state index in [-0.39, 0.29) is 5.02 Å². The van der Waals surface area contributed by atoms with Crippen molar-refractivity contribution < 1.29 is 4.79 Å². The number of aldehydes is 1. The van der Waals surface area contributed by atoms with Gasteiger partial charge in [-0.2, -0.15) is 0 Å². The first kappa shape index (κ1) is 8.85. The van der Waals surface area contributed by atoms with E-state index >= 15 is 0 Å². The minimum atomic E-state index is 0.277. The fraction of sp³-hybridized carbons (Fsp3) is 0. The van der Waals surface area contributed by atoms with Crippen LogP contribution in [-0.4, -0.2) is 6.29 Å². The Morgan fingerprint density at radius 3 is 1.91 bits per heavy atom. The van der Waals surface area contributed by atoms with Gasteiger partial charge in [0, 0.05) is 5.56 Å². The maximum absolute atomic E-state index is 10.3. The highest BCUT2D eigenvalue weighted by Crippen LogP contribution is 2.30. The molecular weight excluding hydrogens is 206 g/mol. The molecule has 1 rings (SSSR count). The molecule has 1 aromatic rings. The van der Waals surface area contributed by atoms with Crippen molar-refractivity contribution in [2.24, 2.45) is 0 Å². The third kappa shape index (κ3) is 1.86. The van der Waals surface area contributed by atoms with Crippen LogP contribution < -0.4 is 0 Å². The Morgan fingerprint density at radius 1 is 1.09 bits per heavy atom. The standard InChI is InChI=1S/C7H3Cl3O/c8-5-1-4(3-11)2-6(9)7(5)10/h1-3H. The van der Waals surface area contributed by atoms with E-state index in [9.17, 15) is 4.79 Å². The third-order valence-corrected chi connectivity index (χ3v) is 2.34. The van der Waals surface area contributed by atoms with Crippen LogP contribution in [0.25, 0.3) is 0 Å². The SMILES string of the molecule is O=Cc1cc(Cl)c(Cl)c(Cl)c1. The number of benzene rings is 1. The zero-order valence-corrected chi connectivity index (χ0v) is 7.54. The lowest BCUT2D eigenvalue weighted by Gasteiger charge is -1.98. The van der Waals surface area contributed by atoms with Gasteiger partial charge in [-0.3, -0.25) is 4.79 Å². The monoisotopic (exact) mass is 208 g/mol. The minimum Gasteiger partial charge on any atom is -0.298 e. The smallest absolute Gasteiger partial charge is 0.150 e. The van der Waals surface area contributed by atoms with E-state index in [1.165, 1.54) is 12.1 Å². The van der Waals surface area contributed by atoms with Crippen LogP contribution in [0, 0.1) is 0 Å². The van der Waals surface area contributed by atoms with Crippen LogP contribution in [0.15, 0.2) is 12.1 Å². The van der Waals surface area contributed by atoms with Crippen LogP contribution >= 0.6 is 34.8 Å². The maximum atomic E-state index is 10.3. The van der Waals surface area contributed by atoms with Gasteiger partial charge in [0.25, 0.3) is 0 Å². The van der Waals surface area contributed by atoms with Gasteiger partial charge in [-0.15, -0.1) is 0 Å². The normalized spacial score (nSPS) is 9.73. The van der Waals surface area contributed by atoms with Gasteiger partial charge in [0.05, 0.1) is 15.1 Å². The lowest BCUT2D eigenvalue weighted by Crippen LogP contribution is -1.80. The van der Waals surface area contributed by atoms with Crippen molar-refractivity contribution in [3.63, 3.8) is 0 Å². The zero-order chi connectivity index (χ0) is 8.43. The van der Waals surface area contributed by atoms with Crippen molar-refractivity contribution in [3.05, 3.63) is 32.8 Å². The van der Waals surface area contributed by atoms with Gasteiger partial charge in [-0.25, -0.2) is 0 Å². The highest BCUT2D eigenvalue weighted by atomic mass is 35.5. The molecule has 0 aliphatic carbocycles. The van der Waals surface area contributed by atoms with Crippen molar-refractivity contribution in [1.29, 1.82) is 0 Å². The summed E-state index contributed by atoms with van der Waals surface area (Å²) in [7, 11) is 0. The molecule has 0 aliphatic heterocycles. The predicted octanol–water partition coefficient (Wildman–Crippen LogP) is 3.46. The molecule has 0 atom stereocenters. The molecule has 1 aromatic carbocycles.